The molecule has 0 aliphatic carbocycles. The van der Waals surface area contributed by atoms with Gasteiger partial charge in [-0.2, -0.15) is 0 Å². The fourth-order valence-electron chi connectivity index (χ4n) is 1.82. The minimum atomic E-state index is -3.33. The molecule has 2 heterocycles. The molecule has 0 amide bonds. The van der Waals surface area contributed by atoms with Gasteiger partial charge in [0.15, 0.2) is 0 Å². The monoisotopic (exact) mass is 217 g/mol. The van der Waals surface area contributed by atoms with Gasteiger partial charge in [-0.25, -0.2) is 8.42 Å². The molecule has 0 fully saturated rings. The molecule has 0 spiro atoms. The standard InChI is InChI=1S/C11H7NO2S/c13-15(14)9-5-2-1-4-8(9)11-10(15)6-3-7-12-11/h1-7H. The van der Waals surface area contributed by atoms with Crippen molar-refractivity contribution in [2.45, 2.75) is 9.79 Å². The first kappa shape index (κ1) is 8.61. The van der Waals surface area contributed by atoms with Crippen molar-refractivity contribution in [2.24, 2.45) is 0 Å². The van der Waals surface area contributed by atoms with Gasteiger partial charge >= 0.3 is 0 Å². The van der Waals surface area contributed by atoms with Crippen LogP contribution in [-0.2, 0) is 9.84 Å². The largest absolute Gasteiger partial charge is 0.255 e. The van der Waals surface area contributed by atoms with Crippen LogP contribution in [0.5, 0.6) is 0 Å². The Morgan fingerprint density at radius 1 is 0.933 bits per heavy atom. The number of rotatable bonds is 0. The van der Waals surface area contributed by atoms with E-state index in [9.17, 15) is 8.42 Å². The summed E-state index contributed by atoms with van der Waals surface area (Å²) in [6.45, 7) is 0. The molecule has 1 aliphatic heterocycles. The number of pyridine rings is 1. The number of sulfone groups is 1. The lowest BCUT2D eigenvalue weighted by molar-refractivity contribution is 0.598. The summed E-state index contributed by atoms with van der Waals surface area (Å²) >= 11 is 0. The number of hydrogen-bond donors (Lipinski definition) is 0. The summed E-state index contributed by atoms with van der Waals surface area (Å²) in [5.41, 5.74) is 1.27. The number of fused-ring (bicyclic) bond motifs is 3. The van der Waals surface area contributed by atoms with Crippen LogP contribution in [0.1, 0.15) is 0 Å². The number of benzene rings is 1. The Morgan fingerprint density at radius 2 is 1.67 bits per heavy atom. The van der Waals surface area contributed by atoms with Crippen LogP contribution >= 0.6 is 0 Å². The van der Waals surface area contributed by atoms with Gasteiger partial charge < -0.3 is 0 Å². The zero-order chi connectivity index (χ0) is 10.5. The van der Waals surface area contributed by atoms with Crippen LogP contribution in [0.4, 0.5) is 0 Å². The maximum Gasteiger partial charge on any atom is 0.209 e. The number of nitrogens with zero attached hydrogens (tertiary/aromatic N) is 1. The predicted octanol–water partition coefficient (Wildman–Crippen LogP) is 1.89. The molecular weight excluding hydrogens is 210 g/mol. The van der Waals surface area contributed by atoms with E-state index >= 15 is 0 Å². The minimum Gasteiger partial charge on any atom is -0.255 e. The second kappa shape index (κ2) is 2.67. The van der Waals surface area contributed by atoms with E-state index in [1.54, 1.807) is 36.5 Å². The van der Waals surface area contributed by atoms with Gasteiger partial charge in [-0.05, 0) is 18.2 Å². The maximum atomic E-state index is 12.0. The second-order valence-electron chi connectivity index (χ2n) is 3.35. The summed E-state index contributed by atoms with van der Waals surface area (Å²) in [5.74, 6) is 0. The third-order valence-electron chi connectivity index (χ3n) is 2.49. The SMILES string of the molecule is O=S1(=O)c2ccccc2-c2ncccc21. The van der Waals surface area contributed by atoms with Gasteiger partial charge in [0.2, 0.25) is 9.84 Å². The van der Waals surface area contributed by atoms with E-state index in [-0.39, 0.29) is 0 Å². The van der Waals surface area contributed by atoms with Crippen LogP contribution < -0.4 is 0 Å². The van der Waals surface area contributed by atoms with Crippen molar-refractivity contribution in [1.29, 1.82) is 0 Å². The average molecular weight is 217 g/mol. The highest BCUT2D eigenvalue weighted by Gasteiger charge is 2.32. The molecule has 0 atom stereocenters. The van der Waals surface area contributed by atoms with E-state index in [4.69, 9.17) is 0 Å². The van der Waals surface area contributed by atoms with Crippen molar-refractivity contribution in [2.75, 3.05) is 0 Å². The molecule has 3 rings (SSSR count). The van der Waals surface area contributed by atoms with Gasteiger partial charge in [0.25, 0.3) is 0 Å². The number of aromatic nitrogens is 1. The second-order valence-corrected chi connectivity index (χ2v) is 5.24. The Morgan fingerprint density at radius 3 is 2.53 bits per heavy atom. The van der Waals surface area contributed by atoms with Gasteiger partial charge in [-0.3, -0.25) is 4.98 Å². The van der Waals surface area contributed by atoms with Crippen molar-refractivity contribution >= 4 is 9.84 Å². The molecule has 1 aromatic heterocycles. The number of hydrogen-bond acceptors (Lipinski definition) is 3. The lowest BCUT2D eigenvalue weighted by atomic mass is 10.1. The molecule has 15 heavy (non-hydrogen) atoms. The van der Waals surface area contributed by atoms with E-state index in [0.29, 0.717) is 21.0 Å². The smallest absolute Gasteiger partial charge is 0.209 e. The van der Waals surface area contributed by atoms with Crippen LogP contribution in [0.3, 0.4) is 0 Å². The molecule has 3 nitrogen and oxygen atoms in total. The van der Waals surface area contributed by atoms with Gasteiger partial charge in [-0.15, -0.1) is 0 Å². The summed E-state index contributed by atoms with van der Waals surface area (Å²) in [6, 6.07) is 10.2. The first-order chi connectivity index (χ1) is 7.21. The van der Waals surface area contributed by atoms with Crippen molar-refractivity contribution in [1.82, 2.24) is 4.98 Å². The Kier molecular flexibility index (Phi) is 1.53. The molecule has 1 aliphatic rings. The average Bonchev–Trinajstić information content (AvgIpc) is 2.51. The molecule has 0 bridgehead atoms. The van der Waals surface area contributed by atoms with Crippen molar-refractivity contribution < 1.29 is 8.42 Å². The minimum absolute atomic E-state index is 0.311. The zero-order valence-electron chi connectivity index (χ0n) is 7.71. The first-order valence-electron chi connectivity index (χ1n) is 4.51. The van der Waals surface area contributed by atoms with Crippen LogP contribution in [-0.4, -0.2) is 13.4 Å². The maximum absolute atomic E-state index is 12.0. The molecular formula is C11H7NO2S. The van der Waals surface area contributed by atoms with Gasteiger partial charge in [-0.1, -0.05) is 18.2 Å². The Balaban J connectivity index is 2.53. The normalized spacial score (nSPS) is 15.7. The van der Waals surface area contributed by atoms with Crippen molar-refractivity contribution in [3.05, 3.63) is 42.6 Å². The van der Waals surface area contributed by atoms with E-state index in [1.807, 2.05) is 6.07 Å². The van der Waals surface area contributed by atoms with Crippen LogP contribution in [0.25, 0.3) is 11.3 Å². The highest BCUT2D eigenvalue weighted by atomic mass is 32.2. The quantitative estimate of drug-likeness (QED) is 0.577. The molecule has 0 unspecified atom stereocenters. The molecule has 1 aromatic carbocycles. The highest BCUT2D eigenvalue weighted by Crippen LogP contribution is 2.40. The Bertz CT molecular complexity index is 596. The van der Waals surface area contributed by atoms with Gasteiger partial charge in [0, 0.05) is 11.8 Å². The topological polar surface area (TPSA) is 47.0 Å². The lowest BCUT2D eigenvalue weighted by Crippen LogP contribution is -1.96. The van der Waals surface area contributed by atoms with Gasteiger partial charge in [0.1, 0.15) is 0 Å². The van der Waals surface area contributed by atoms with Gasteiger partial charge in [0.05, 0.1) is 15.5 Å². The molecule has 0 N–H and O–H groups in total. The highest BCUT2D eigenvalue weighted by molar-refractivity contribution is 7.92. The van der Waals surface area contributed by atoms with E-state index < -0.39 is 9.84 Å². The third kappa shape index (κ3) is 0.995. The zero-order valence-corrected chi connectivity index (χ0v) is 8.53. The van der Waals surface area contributed by atoms with E-state index in [2.05, 4.69) is 4.98 Å². The summed E-state index contributed by atoms with van der Waals surface area (Å²) in [7, 11) is -3.33. The van der Waals surface area contributed by atoms with E-state index in [1.165, 1.54) is 0 Å². The third-order valence-corrected chi connectivity index (χ3v) is 4.34. The molecule has 0 radical (unpaired) electrons. The molecule has 0 saturated heterocycles. The fraction of sp³-hybridized carbons (Fsp3) is 0. The van der Waals surface area contributed by atoms with Crippen LogP contribution in [0.15, 0.2) is 52.4 Å². The van der Waals surface area contributed by atoms with Crippen molar-refractivity contribution in [3.63, 3.8) is 0 Å². The molecule has 4 heteroatoms. The molecule has 2 aromatic rings. The Labute approximate surface area is 87.3 Å². The summed E-state index contributed by atoms with van der Waals surface area (Å²) in [4.78, 5) is 4.79. The van der Waals surface area contributed by atoms with Crippen LogP contribution in [0.2, 0.25) is 0 Å². The van der Waals surface area contributed by atoms with E-state index in [0.717, 1.165) is 0 Å². The summed E-state index contributed by atoms with van der Waals surface area (Å²) in [5, 5.41) is 0. The molecule has 0 saturated carbocycles. The first-order valence-corrected chi connectivity index (χ1v) is 5.99. The fourth-order valence-corrected chi connectivity index (χ4v) is 3.45. The van der Waals surface area contributed by atoms with Crippen LogP contribution in [0, 0.1) is 0 Å². The molecule has 74 valence electrons. The summed E-state index contributed by atoms with van der Waals surface area (Å²) < 4.78 is 24.1. The Hall–Kier alpha value is -1.68. The van der Waals surface area contributed by atoms with Crippen molar-refractivity contribution in [3.8, 4) is 11.3 Å². The lowest BCUT2D eigenvalue weighted by Gasteiger charge is -1.95. The predicted molar refractivity (Wildman–Crippen MR) is 55.1 cm³/mol. The summed E-state index contributed by atoms with van der Waals surface area (Å²) in [6.07, 6.45) is 1.61.